The summed E-state index contributed by atoms with van der Waals surface area (Å²) >= 11 is 0. The normalized spacial score (nSPS) is 16.9. The van der Waals surface area contributed by atoms with Crippen LogP contribution in [-0.2, 0) is 4.79 Å². The fourth-order valence-corrected chi connectivity index (χ4v) is 2.52. The second-order valence-corrected chi connectivity index (χ2v) is 4.95. The van der Waals surface area contributed by atoms with E-state index < -0.39 is 11.2 Å². The van der Waals surface area contributed by atoms with Crippen LogP contribution in [-0.4, -0.2) is 12.5 Å². The van der Waals surface area contributed by atoms with Gasteiger partial charge in [0.05, 0.1) is 22.7 Å². The number of nitriles is 1. The molecule has 2 rings (SSSR count). The number of hydrogen-bond acceptors (Lipinski definition) is 3. The first-order valence-electron chi connectivity index (χ1n) is 6.32. The third-order valence-corrected chi connectivity index (χ3v) is 3.78. The summed E-state index contributed by atoms with van der Waals surface area (Å²) in [7, 11) is 0. The van der Waals surface area contributed by atoms with Crippen molar-refractivity contribution < 1.29 is 9.18 Å². The maximum atomic E-state index is 13.7. The van der Waals surface area contributed by atoms with Crippen molar-refractivity contribution in [2.75, 3.05) is 11.9 Å². The number of halogens is 1. The number of nitrogens with two attached hydrogens (primary N) is 1. The van der Waals surface area contributed by atoms with Crippen molar-refractivity contribution in [3.63, 3.8) is 0 Å². The summed E-state index contributed by atoms with van der Waals surface area (Å²) in [5.74, 6) is -0.825. The molecule has 0 aromatic heterocycles. The van der Waals surface area contributed by atoms with E-state index in [9.17, 15) is 9.18 Å². The zero-order valence-corrected chi connectivity index (χ0v) is 10.6. The van der Waals surface area contributed by atoms with Crippen LogP contribution in [0.2, 0.25) is 0 Å². The smallest absolute Gasteiger partial charge is 0.231 e. The van der Waals surface area contributed by atoms with Gasteiger partial charge in [-0.3, -0.25) is 4.79 Å². The molecule has 1 fully saturated rings. The number of hydrogen-bond donors (Lipinski definition) is 2. The van der Waals surface area contributed by atoms with Gasteiger partial charge in [0, 0.05) is 6.54 Å². The summed E-state index contributed by atoms with van der Waals surface area (Å²) in [6.45, 7) is 0.275. The zero-order valence-electron chi connectivity index (χ0n) is 10.6. The molecule has 100 valence electrons. The molecule has 0 atom stereocenters. The SMILES string of the molecule is N#Cc1ccc(NC(=O)C2(CN)CCCC2)c(F)c1. The van der Waals surface area contributed by atoms with Gasteiger partial charge in [-0.05, 0) is 31.0 Å². The molecule has 5 heteroatoms. The van der Waals surface area contributed by atoms with Gasteiger partial charge in [0.25, 0.3) is 0 Å². The Kier molecular flexibility index (Phi) is 3.82. The van der Waals surface area contributed by atoms with Gasteiger partial charge < -0.3 is 11.1 Å². The van der Waals surface area contributed by atoms with E-state index in [2.05, 4.69) is 5.32 Å². The Labute approximate surface area is 111 Å². The van der Waals surface area contributed by atoms with Crippen molar-refractivity contribution in [2.45, 2.75) is 25.7 Å². The molecule has 1 aromatic rings. The van der Waals surface area contributed by atoms with Gasteiger partial charge >= 0.3 is 0 Å². The summed E-state index contributed by atoms with van der Waals surface area (Å²) in [4.78, 5) is 12.3. The molecule has 0 radical (unpaired) electrons. The Morgan fingerprint density at radius 2 is 2.16 bits per heavy atom. The highest BCUT2D eigenvalue weighted by atomic mass is 19.1. The first kappa shape index (κ1) is 13.5. The zero-order chi connectivity index (χ0) is 13.9. The van der Waals surface area contributed by atoms with Crippen LogP contribution in [0.3, 0.4) is 0 Å². The second kappa shape index (κ2) is 5.37. The van der Waals surface area contributed by atoms with E-state index in [-0.39, 0.29) is 23.7 Å². The molecule has 0 heterocycles. The molecule has 19 heavy (non-hydrogen) atoms. The molecule has 3 N–H and O–H groups in total. The van der Waals surface area contributed by atoms with Gasteiger partial charge in [0.1, 0.15) is 5.82 Å². The van der Waals surface area contributed by atoms with Crippen molar-refractivity contribution in [1.29, 1.82) is 5.26 Å². The highest BCUT2D eigenvalue weighted by Crippen LogP contribution is 2.38. The number of carbonyl (C=O) groups excluding carboxylic acids is 1. The third kappa shape index (κ3) is 2.59. The average molecular weight is 261 g/mol. The number of amides is 1. The van der Waals surface area contributed by atoms with Crippen LogP contribution in [0, 0.1) is 22.6 Å². The van der Waals surface area contributed by atoms with Crippen molar-refractivity contribution >= 4 is 11.6 Å². The standard InChI is InChI=1S/C14H16FN3O/c15-11-7-10(8-16)3-4-12(11)18-13(19)14(9-17)5-1-2-6-14/h3-4,7H,1-2,5-6,9,17H2,(H,18,19). The molecule has 1 amide bonds. The van der Waals surface area contributed by atoms with E-state index in [0.29, 0.717) is 0 Å². The number of carbonyl (C=O) groups is 1. The molecule has 0 unspecified atom stereocenters. The lowest BCUT2D eigenvalue weighted by Crippen LogP contribution is -2.40. The van der Waals surface area contributed by atoms with Crippen molar-refractivity contribution in [3.05, 3.63) is 29.6 Å². The molecule has 0 saturated heterocycles. The van der Waals surface area contributed by atoms with Crippen LogP contribution in [0.1, 0.15) is 31.2 Å². The molecular formula is C14H16FN3O. The van der Waals surface area contributed by atoms with E-state index in [1.54, 1.807) is 0 Å². The van der Waals surface area contributed by atoms with Crippen LogP contribution < -0.4 is 11.1 Å². The largest absolute Gasteiger partial charge is 0.329 e. The summed E-state index contributed by atoms with van der Waals surface area (Å²) in [5, 5.41) is 11.3. The lowest BCUT2D eigenvalue weighted by molar-refractivity contribution is -0.124. The van der Waals surface area contributed by atoms with Crippen LogP contribution in [0.25, 0.3) is 0 Å². The van der Waals surface area contributed by atoms with Crippen molar-refractivity contribution in [2.24, 2.45) is 11.1 Å². The fourth-order valence-electron chi connectivity index (χ4n) is 2.52. The quantitative estimate of drug-likeness (QED) is 0.875. The molecule has 1 aliphatic carbocycles. The summed E-state index contributed by atoms with van der Waals surface area (Å²) in [6, 6.07) is 5.84. The van der Waals surface area contributed by atoms with Crippen LogP contribution in [0.15, 0.2) is 18.2 Å². The summed E-state index contributed by atoms with van der Waals surface area (Å²) in [6.07, 6.45) is 3.43. The summed E-state index contributed by atoms with van der Waals surface area (Å²) < 4.78 is 13.7. The van der Waals surface area contributed by atoms with Gasteiger partial charge in [-0.2, -0.15) is 5.26 Å². The molecule has 1 saturated carbocycles. The maximum Gasteiger partial charge on any atom is 0.231 e. The van der Waals surface area contributed by atoms with Gasteiger partial charge in [-0.25, -0.2) is 4.39 Å². The van der Waals surface area contributed by atoms with Gasteiger partial charge in [0.2, 0.25) is 5.91 Å². The van der Waals surface area contributed by atoms with E-state index >= 15 is 0 Å². The first-order valence-corrected chi connectivity index (χ1v) is 6.32. The summed E-state index contributed by atoms with van der Waals surface area (Å²) in [5.41, 5.74) is 5.47. The predicted molar refractivity (Wildman–Crippen MR) is 69.7 cm³/mol. The Morgan fingerprint density at radius 1 is 1.47 bits per heavy atom. The minimum absolute atomic E-state index is 0.101. The maximum absolute atomic E-state index is 13.7. The van der Waals surface area contributed by atoms with Crippen molar-refractivity contribution in [1.82, 2.24) is 0 Å². The molecule has 4 nitrogen and oxygen atoms in total. The Bertz CT molecular complexity index is 530. The average Bonchev–Trinajstić information content (AvgIpc) is 2.91. The lowest BCUT2D eigenvalue weighted by atomic mass is 9.85. The predicted octanol–water partition coefficient (Wildman–Crippen LogP) is 2.15. The molecule has 0 aliphatic heterocycles. The van der Waals surface area contributed by atoms with E-state index in [1.165, 1.54) is 12.1 Å². The number of nitrogens with zero attached hydrogens (tertiary/aromatic N) is 1. The molecule has 1 aromatic carbocycles. The topological polar surface area (TPSA) is 78.9 Å². The van der Waals surface area contributed by atoms with Crippen LogP contribution in [0.5, 0.6) is 0 Å². The third-order valence-electron chi connectivity index (χ3n) is 3.78. The molecular weight excluding hydrogens is 245 g/mol. The highest BCUT2D eigenvalue weighted by Gasteiger charge is 2.39. The number of rotatable bonds is 3. The van der Waals surface area contributed by atoms with E-state index in [1.807, 2.05) is 6.07 Å². The Balaban J connectivity index is 2.17. The Hall–Kier alpha value is -1.93. The number of nitrogens with one attached hydrogen (secondary N) is 1. The van der Waals surface area contributed by atoms with E-state index in [4.69, 9.17) is 11.0 Å². The number of anilines is 1. The van der Waals surface area contributed by atoms with Crippen LogP contribution >= 0.6 is 0 Å². The van der Waals surface area contributed by atoms with Crippen LogP contribution in [0.4, 0.5) is 10.1 Å². The van der Waals surface area contributed by atoms with Gasteiger partial charge in [0.15, 0.2) is 0 Å². The van der Waals surface area contributed by atoms with Gasteiger partial charge in [-0.15, -0.1) is 0 Å². The Morgan fingerprint density at radius 3 is 2.68 bits per heavy atom. The first-order chi connectivity index (χ1) is 9.11. The molecule has 0 bridgehead atoms. The molecule has 0 spiro atoms. The number of benzene rings is 1. The van der Waals surface area contributed by atoms with Crippen molar-refractivity contribution in [3.8, 4) is 6.07 Å². The van der Waals surface area contributed by atoms with E-state index in [0.717, 1.165) is 31.7 Å². The fraction of sp³-hybridized carbons (Fsp3) is 0.429. The second-order valence-electron chi connectivity index (χ2n) is 4.95. The monoisotopic (exact) mass is 261 g/mol. The highest BCUT2D eigenvalue weighted by molar-refractivity contribution is 5.95. The molecule has 1 aliphatic rings. The minimum Gasteiger partial charge on any atom is -0.329 e. The minimum atomic E-state index is -0.599. The lowest BCUT2D eigenvalue weighted by Gasteiger charge is -2.25. The van der Waals surface area contributed by atoms with Gasteiger partial charge in [-0.1, -0.05) is 12.8 Å².